The fraction of sp³-hybridized carbons (Fsp3) is 0.267. The van der Waals surface area contributed by atoms with Gasteiger partial charge >= 0.3 is 0 Å². The van der Waals surface area contributed by atoms with Gasteiger partial charge in [-0.05, 0) is 20.0 Å². The number of carbonyl (C=O) groups is 1. The van der Waals surface area contributed by atoms with Crippen molar-refractivity contribution in [3.63, 3.8) is 0 Å². The average molecular weight is 307 g/mol. The van der Waals surface area contributed by atoms with Crippen LogP contribution in [0.15, 0.2) is 42.7 Å². The van der Waals surface area contributed by atoms with Crippen LogP contribution in [0.25, 0.3) is 11.4 Å². The number of amides is 1. The van der Waals surface area contributed by atoms with Gasteiger partial charge in [0.1, 0.15) is 0 Å². The molecule has 0 spiro atoms. The minimum atomic E-state index is -0.0173. The number of carbonyl (C=O) groups excluding carboxylic acids is 1. The molecule has 112 valence electrons. The van der Waals surface area contributed by atoms with E-state index in [0.29, 0.717) is 17.9 Å². The molecule has 0 fully saturated rings. The van der Waals surface area contributed by atoms with E-state index in [0.717, 1.165) is 18.5 Å². The summed E-state index contributed by atoms with van der Waals surface area (Å²) >= 11 is 0. The fourth-order valence-corrected chi connectivity index (χ4v) is 1.78. The van der Waals surface area contributed by atoms with E-state index in [1.54, 1.807) is 12.4 Å². The predicted octanol–water partition coefficient (Wildman–Crippen LogP) is 2.50. The number of nitrogens with zero attached hydrogens (tertiary/aromatic N) is 2. The Morgan fingerprint density at radius 3 is 2.43 bits per heavy atom. The van der Waals surface area contributed by atoms with Crippen LogP contribution >= 0.6 is 12.4 Å². The van der Waals surface area contributed by atoms with Gasteiger partial charge in [-0.15, -0.1) is 12.4 Å². The Morgan fingerprint density at radius 1 is 1.14 bits per heavy atom. The summed E-state index contributed by atoms with van der Waals surface area (Å²) in [6.45, 7) is 0.830. The normalized spacial score (nSPS) is 9.76. The molecule has 0 aliphatic carbocycles. The number of anilines is 1. The van der Waals surface area contributed by atoms with Gasteiger partial charge in [-0.3, -0.25) is 4.79 Å². The number of hydrogen-bond acceptors (Lipinski definition) is 4. The summed E-state index contributed by atoms with van der Waals surface area (Å²) in [5.41, 5.74) is 1.58. The lowest BCUT2D eigenvalue weighted by Crippen LogP contribution is -2.15. The highest BCUT2D eigenvalue weighted by atomic mass is 35.5. The molecule has 5 nitrogen and oxygen atoms in total. The lowest BCUT2D eigenvalue weighted by molar-refractivity contribution is -0.116. The summed E-state index contributed by atoms with van der Waals surface area (Å²) in [4.78, 5) is 20.2. The van der Waals surface area contributed by atoms with E-state index in [4.69, 9.17) is 0 Å². The van der Waals surface area contributed by atoms with Gasteiger partial charge in [-0.1, -0.05) is 30.3 Å². The number of nitrogens with one attached hydrogen (secondary N) is 2. The molecular weight excluding hydrogens is 288 g/mol. The quantitative estimate of drug-likeness (QED) is 0.805. The van der Waals surface area contributed by atoms with Crippen LogP contribution in [0.5, 0.6) is 0 Å². The van der Waals surface area contributed by atoms with Crippen molar-refractivity contribution < 1.29 is 4.79 Å². The smallest absolute Gasteiger partial charge is 0.224 e. The van der Waals surface area contributed by atoms with Gasteiger partial charge < -0.3 is 10.6 Å². The van der Waals surface area contributed by atoms with Crippen molar-refractivity contribution in [2.45, 2.75) is 12.8 Å². The van der Waals surface area contributed by atoms with Gasteiger partial charge in [0.25, 0.3) is 0 Å². The molecule has 0 saturated carbocycles. The van der Waals surface area contributed by atoms with Crippen molar-refractivity contribution in [2.75, 3.05) is 18.9 Å². The zero-order valence-corrected chi connectivity index (χ0v) is 12.7. The Morgan fingerprint density at radius 2 is 1.81 bits per heavy atom. The summed E-state index contributed by atoms with van der Waals surface area (Å²) < 4.78 is 0. The number of halogens is 1. The first-order valence-electron chi connectivity index (χ1n) is 6.61. The summed E-state index contributed by atoms with van der Waals surface area (Å²) in [7, 11) is 1.87. The molecule has 0 aliphatic rings. The monoisotopic (exact) mass is 306 g/mol. The minimum Gasteiger partial charge on any atom is -0.323 e. The highest BCUT2D eigenvalue weighted by molar-refractivity contribution is 5.90. The molecule has 21 heavy (non-hydrogen) atoms. The highest BCUT2D eigenvalue weighted by Crippen LogP contribution is 2.14. The number of rotatable bonds is 6. The number of aromatic nitrogens is 2. The summed E-state index contributed by atoms with van der Waals surface area (Å²) in [6.07, 6.45) is 4.56. The molecule has 6 heteroatoms. The van der Waals surface area contributed by atoms with Crippen LogP contribution < -0.4 is 10.6 Å². The second kappa shape index (κ2) is 9.05. The maximum absolute atomic E-state index is 11.6. The Bertz CT molecular complexity index is 545. The summed E-state index contributed by atoms with van der Waals surface area (Å²) in [5.74, 6) is 0.634. The van der Waals surface area contributed by atoms with Gasteiger partial charge in [-0.25, -0.2) is 9.97 Å². The van der Waals surface area contributed by atoms with Gasteiger partial charge in [-0.2, -0.15) is 0 Å². The standard InChI is InChI=1S/C15H18N4O.ClH/c1-16-9-5-8-14(20)19-13-10-17-15(18-11-13)12-6-3-2-4-7-12;/h2-4,6-7,10-11,16H,5,8-9H2,1H3,(H,19,20);1H. The zero-order valence-electron chi connectivity index (χ0n) is 11.9. The molecule has 0 aliphatic heterocycles. The Kier molecular flexibility index (Phi) is 7.36. The minimum absolute atomic E-state index is 0. The van der Waals surface area contributed by atoms with Crippen LogP contribution in [-0.4, -0.2) is 29.5 Å². The molecule has 0 radical (unpaired) electrons. The van der Waals surface area contributed by atoms with Gasteiger partial charge in [0.15, 0.2) is 5.82 Å². The first kappa shape index (κ1) is 17.1. The lowest BCUT2D eigenvalue weighted by atomic mass is 10.2. The molecule has 2 N–H and O–H groups in total. The van der Waals surface area contributed by atoms with Gasteiger partial charge in [0, 0.05) is 12.0 Å². The van der Waals surface area contributed by atoms with Crippen molar-refractivity contribution in [1.29, 1.82) is 0 Å². The van der Waals surface area contributed by atoms with E-state index in [1.165, 1.54) is 0 Å². The number of hydrogen-bond donors (Lipinski definition) is 2. The van der Waals surface area contributed by atoms with Crippen molar-refractivity contribution >= 4 is 24.0 Å². The molecule has 0 unspecified atom stereocenters. The fourth-order valence-electron chi connectivity index (χ4n) is 1.78. The summed E-state index contributed by atoms with van der Waals surface area (Å²) in [6, 6.07) is 9.73. The lowest BCUT2D eigenvalue weighted by Gasteiger charge is -2.05. The van der Waals surface area contributed by atoms with Crippen molar-refractivity contribution in [2.24, 2.45) is 0 Å². The van der Waals surface area contributed by atoms with E-state index in [1.807, 2.05) is 37.4 Å². The molecule has 2 rings (SSSR count). The summed E-state index contributed by atoms with van der Waals surface area (Å²) in [5, 5.41) is 5.80. The molecule has 0 atom stereocenters. The SMILES string of the molecule is CNCCCC(=O)Nc1cnc(-c2ccccc2)nc1.Cl. The Hall–Kier alpha value is -1.98. The van der Waals surface area contributed by atoms with Crippen LogP contribution in [0, 0.1) is 0 Å². The molecule has 1 aromatic heterocycles. The Labute approximate surface area is 130 Å². The molecular formula is C15H19ClN4O. The van der Waals surface area contributed by atoms with E-state index in [2.05, 4.69) is 20.6 Å². The second-order valence-corrected chi connectivity index (χ2v) is 4.42. The first-order chi connectivity index (χ1) is 9.79. The van der Waals surface area contributed by atoms with Crippen LogP contribution in [0.3, 0.4) is 0 Å². The van der Waals surface area contributed by atoms with Crippen molar-refractivity contribution in [1.82, 2.24) is 15.3 Å². The van der Waals surface area contributed by atoms with Gasteiger partial charge in [0.05, 0.1) is 18.1 Å². The molecule has 1 aromatic carbocycles. The molecule has 0 saturated heterocycles. The third-order valence-electron chi connectivity index (χ3n) is 2.80. The first-order valence-corrected chi connectivity index (χ1v) is 6.61. The average Bonchev–Trinajstić information content (AvgIpc) is 2.49. The third kappa shape index (κ3) is 5.49. The van der Waals surface area contributed by atoms with Crippen molar-refractivity contribution in [3.05, 3.63) is 42.7 Å². The van der Waals surface area contributed by atoms with E-state index < -0.39 is 0 Å². The van der Waals surface area contributed by atoms with Crippen LogP contribution in [0.4, 0.5) is 5.69 Å². The number of benzene rings is 1. The van der Waals surface area contributed by atoms with Crippen LogP contribution in [0.2, 0.25) is 0 Å². The van der Waals surface area contributed by atoms with E-state index >= 15 is 0 Å². The predicted molar refractivity (Wildman–Crippen MR) is 86.5 cm³/mol. The zero-order chi connectivity index (χ0) is 14.2. The highest BCUT2D eigenvalue weighted by Gasteiger charge is 2.04. The largest absolute Gasteiger partial charge is 0.323 e. The van der Waals surface area contributed by atoms with E-state index in [-0.39, 0.29) is 18.3 Å². The molecule has 2 aromatic rings. The van der Waals surface area contributed by atoms with Crippen molar-refractivity contribution in [3.8, 4) is 11.4 Å². The molecule has 1 heterocycles. The molecule has 1 amide bonds. The van der Waals surface area contributed by atoms with E-state index in [9.17, 15) is 4.79 Å². The maximum atomic E-state index is 11.6. The third-order valence-corrected chi connectivity index (χ3v) is 2.80. The Balaban J connectivity index is 0.00000220. The molecule has 0 bridgehead atoms. The second-order valence-electron chi connectivity index (χ2n) is 4.42. The van der Waals surface area contributed by atoms with Gasteiger partial charge in [0.2, 0.25) is 5.91 Å². The topological polar surface area (TPSA) is 66.9 Å². The maximum Gasteiger partial charge on any atom is 0.224 e. The van der Waals surface area contributed by atoms with Crippen LogP contribution in [-0.2, 0) is 4.79 Å². The van der Waals surface area contributed by atoms with Crippen LogP contribution in [0.1, 0.15) is 12.8 Å².